The largest absolute Gasteiger partial charge is 0.389 e. The predicted octanol–water partition coefficient (Wildman–Crippen LogP) is 3.50. The van der Waals surface area contributed by atoms with Crippen LogP contribution >= 0.6 is 11.6 Å². The van der Waals surface area contributed by atoms with Gasteiger partial charge < -0.3 is 14.9 Å². The van der Waals surface area contributed by atoms with Crippen molar-refractivity contribution >= 4 is 23.2 Å². The lowest BCUT2D eigenvalue weighted by molar-refractivity contribution is 0.0326. The number of amides is 1. The molecule has 2 aromatic carbocycles. The number of nitrogens with zero attached hydrogens (tertiary/aromatic N) is 3. The van der Waals surface area contributed by atoms with Crippen LogP contribution in [-0.2, 0) is 0 Å². The van der Waals surface area contributed by atoms with Crippen molar-refractivity contribution in [3.05, 3.63) is 64.2 Å². The fraction of sp³-hybridized carbons (Fsp3) is 0.458. The van der Waals surface area contributed by atoms with Gasteiger partial charge in [-0.15, -0.1) is 0 Å². The molecule has 0 bridgehead atoms. The molecule has 1 amide bonds. The van der Waals surface area contributed by atoms with Crippen molar-refractivity contribution in [1.29, 1.82) is 0 Å². The molecule has 0 aromatic heterocycles. The van der Waals surface area contributed by atoms with Gasteiger partial charge in [-0.3, -0.25) is 9.69 Å². The smallest absolute Gasteiger partial charge is 0.257 e. The molecule has 3 saturated heterocycles. The summed E-state index contributed by atoms with van der Waals surface area (Å²) in [5.41, 5.74) is 1.51. The maximum atomic E-state index is 15.1. The van der Waals surface area contributed by atoms with Crippen molar-refractivity contribution in [2.24, 2.45) is 0 Å². The first-order valence-corrected chi connectivity index (χ1v) is 11.5. The fourth-order valence-electron chi connectivity index (χ4n) is 5.15. The van der Waals surface area contributed by atoms with Crippen LogP contribution in [0.3, 0.4) is 0 Å². The summed E-state index contributed by atoms with van der Waals surface area (Å²) < 4.78 is 28.6. The Morgan fingerprint density at radius 1 is 1.03 bits per heavy atom. The van der Waals surface area contributed by atoms with Crippen molar-refractivity contribution in [3.8, 4) is 0 Å². The first-order valence-electron chi connectivity index (χ1n) is 11.1. The van der Waals surface area contributed by atoms with Crippen LogP contribution in [0.4, 0.5) is 14.5 Å². The lowest BCUT2D eigenvalue weighted by Crippen LogP contribution is -2.57. The second kappa shape index (κ2) is 8.61. The first kappa shape index (κ1) is 21.6. The Morgan fingerprint density at radius 3 is 2.59 bits per heavy atom. The summed E-state index contributed by atoms with van der Waals surface area (Å²) >= 11 is 5.97. The Hall–Kier alpha value is -2.22. The van der Waals surface area contributed by atoms with Crippen LogP contribution in [0.5, 0.6) is 0 Å². The third kappa shape index (κ3) is 3.98. The molecule has 5 rings (SSSR count). The molecule has 8 heteroatoms. The standard InChI is InChI=1S/C24H26ClF2N3O2/c25-20-10-15(5-7-21(20)26)16-4-6-17-12-29(9-8-28(17)11-16)24(32)19-2-1-3-22(23(19)27)30-13-18(31)14-30/h1-3,5,7,10,16-18,31H,4,6,8-9,11-14H2/t16-,17+/m0/s1. The van der Waals surface area contributed by atoms with Gasteiger partial charge >= 0.3 is 0 Å². The van der Waals surface area contributed by atoms with E-state index in [9.17, 15) is 14.3 Å². The van der Waals surface area contributed by atoms with Crippen molar-refractivity contribution in [3.63, 3.8) is 0 Å². The highest BCUT2D eigenvalue weighted by molar-refractivity contribution is 6.30. The monoisotopic (exact) mass is 461 g/mol. The van der Waals surface area contributed by atoms with E-state index in [1.807, 2.05) is 0 Å². The molecule has 0 spiro atoms. The molecule has 5 nitrogen and oxygen atoms in total. The SMILES string of the molecule is O=C(c1cccc(N2CC(O)C2)c1F)N1CCN2C[C@@H](c3ccc(F)c(Cl)c3)CC[C@@H]2C1. The minimum atomic E-state index is -0.510. The zero-order valence-electron chi connectivity index (χ0n) is 17.7. The number of fused-ring (bicyclic) bond motifs is 1. The van der Waals surface area contributed by atoms with Crippen molar-refractivity contribution in [2.45, 2.75) is 30.9 Å². The van der Waals surface area contributed by atoms with E-state index in [-0.39, 0.29) is 28.5 Å². The summed E-state index contributed by atoms with van der Waals surface area (Å²) in [4.78, 5) is 19.0. The Bertz CT molecular complexity index is 1030. The number of hydrogen-bond donors (Lipinski definition) is 1. The molecule has 32 heavy (non-hydrogen) atoms. The molecular weight excluding hydrogens is 436 g/mol. The molecular formula is C24H26ClF2N3O2. The molecule has 3 heterocycles. The van der Waals surface area contributed by atoms with Crippen molar-refractivity contribution in [2.75, 3.05) is 44.2 Å². The van der Waals surface area contributed by atoms with Gasteiger partial charge in [0, 0.05) is 45.3 Å². The molecule has 0 radical (unpaired) electrons. The highest BCUT2D eigenvalue weighted by Gasteiger charge is 2.36. The lowest BCUT2D eigenvalue weighted by Gasteiger charge is -2.46. The quantitative estimate of drug-likeness (QED) is 0.760. The molecule has 3 fully saturated rings. The number of carbonyl (C=O) groups is 1. The summed E-state index contributed by atoms with van der Waals surface area (Å²) in [5.74, 6) is -0.910. The minimum Gasteiger partial charge on any atom is -0.389 e. The molecule has 0 unspecified atom stereocenters. The highest BCUT2D eigenvalue weighted by Crippen LogP contribution is 2.34. The van der Waals surface area contributed by atoms with E-state index in [0.717, 1.165) is 31.5 Å². The third-order valence-electron chi connectivity index (χ3n) is 7.02. The van der Waals surface area contributed by atoms with Gasteiger partial charge in [0.15, 0.2) is 5.82 Å². The number of anilines is 1. The van der Waals surface area contributed by atoms with E-state index in [0.29, 0.717) is 31.9 Å². The maximum Gasteiger partial charge on any atom is 0.257 e. The number of piperidine rings is 1. The van der Waals surface area contributed by atoms with E-state index in [1.54, 1.807) is 40.1 Å². The number of piperazine rings is 1. The zero-order chi connectivity index (χ0) is 22.4. The number of aliphatic hydroxyl groups excluding tert-OH is 1. The van der Waals surface area contributed by atoms with Gasteiger partial charge in [-0.05, 0) is 48.6 Å². The molecule has 170 valence electrons. The molecule has 2 atom stereocenters. The van der Waals surface area contributed by atoms with Crippen LogP contribution in [-0.4, -0.2) is 72.2 Å². The Labute approximate surface area is 191 Å². The van der Waals surface area contributed by atoms with Crippen LogP contribution in [0, 0.1) is 11.6 Å². The summed E-state index contributed by atoms with van der Waals surface area (Å²) in [6, 6.07) is 10.1. The minimum absolute atomic E-state index is 0.0898. The van der Waals surface area contributed by atoms with Gasteiger partial charge in [-0.2, -0.15) is 0 Å². The van der Waals surface area contributed by atoms with E-state index >= 15 is 4.39 Å². The normalized spacial score (nSPS) is 24.2. The van der Waals surface area contributed by atoms with Crippen LogP contribution < -0.4 is 4.90 Å². The lowest BCUT2D eigenvalue weighted by atomic mass is 9.86. The van der Waals surface area contributed by atoms with Crippen LogP contribution in [0.2, 0.25) is 5.02 Å². The Kier molecular flexibility index (Phi) is 5.82. The second-order valence-corrected chi connectivity index (χ2v) is 9.45. The Balaban J connectivity index is 1.25. The molecule has 0 aliphatic carbocycles. The topological polar surface area (TPSA) is 47.0 Å². The maximum absolute atomic E-state index is 15.1. The summed E-state index contributed by atoms with van der Waals surface area (Å²) in [5, 5.41) is 9.66. The number of aliphatic hydroxyl groups is 1. The van der Waals surface area contributed by atoms with Gasteiger partial charge in [0.05, 0.1) is 22.4 Å². The summed E-state index contributed by atoms with van der Waals surface area (Å²) in [7, 11) is 0. The predicted molar refractivity (Wildman–Crippen MR) is 119 cm³/mol. The second-order valence-electron chi connectivity index (χ2n) is 9.05. The molecule has 3 aliphatic rings. The first-order chi connectivity index (χ1) is 15.4. The number of rotatable bonds is 3. The average Bonchev–Trinajstić information content (AvgIpc) is 2.78. The summed E-state index contributed by atoms with van der Waals surface area (Å²) in [6.07, 6.45) is 1.41. The van der Waals surface area contributed by atoms with E-state index in [2.05, 4.69) is 4.90 Å². The van der Waals surface area contributed by atoms with Crippen LogP contribution in [0.25, 0.3) is 0 Å². The van der Waals surface area contributed by atoms with Crippen molar-refractivity contribution in [1.82, 2.24) is 9.80 Å². The number of halogens is 3. The van der Waals surface area contributed by atoms with Gasteiger partial charge in [-0.1, -0.05) is 23.7 Å². The van der Waals surface area contributed by atoms with Gasteiger partial charge in [-0.25, -0.2) is 8.78 Å². The molecule has 0 saturated carbocycles. The van der Waals surface area contributed by atoms with E-state index in [4.69, 9.17) is 11.6 Å². The fourth-order valence-corrected chi connectivity index (χ4v) is 5.34. The number of β-amino-alcohol motifs (C(OH)–C–C–N with tert-alkyl or cyclic N) is 1. The van der Waals surface area contributed by atoms with Crippen LogP contribution in [0.15, 0.2) is 36.4 Å². The summed E-state index contributed by atoms with van der Waals surface area (Å²) in [6.45, 7) is 3.45. The molecule has 1 N–H and O–H groups in total. The van der Waals surface area contributed by atoms with Gasteiger partial charge in [0.25, 0.3) is 5.91 Å². The molecule has 2 aromatic rings. The Morgan fingerprint density at radius 2 is 1.84 bits per heavy atom. The molecule has 3 aliphatic heterocycles. The zero-order valence-corrected chi connectivity index (χ0v) is 18.4. The van der Waals surface area contributed by atoms with E-state index in [1.165, 1.54) is 6.07 Å². The van der Waals surface area contributed by atoms with Crippen LogP contribution in [0.1, 0.15) is 34.7 Å². The third-order valence-corrected chi connectivity index (χ3v) is 7.31. The number of hydrogen-bond acceptors (Lipinski definition) is 4. The van der Waals surface area contributed by atoms with Crippen molar-refractivity contribution < 1.29 is 18.7 Å². The van der Waals surface area contributed by atoms with Gasteiger partial charge in [0.2, 0.25) is 0 Å². The number of carbonyl (C=O) groups excluding carboxylic acids is 1. The highest BCUT2D eigenvalue weighted by atomic mass is 35.5. The average molecular weight is 462 g/mol. The van der Waals surface area contributed by atoms with Gasteiger partial charge in [0.1, 0.15) is 5.82 Å². The van der Waals surface area contributed by atoms with E-state index < -0.39 is 17.7 Å². The number of benzene rings is 2.